The van der Waals surface area contributed by atoms with Crippen LogP contribution < -0.4 is 10.1 Å². The van der Waals surface area contributed by atoms with Gasteiger partial charge < -0.3 is 10.1 Å². The Labute approximate surface area is 200 Å². The highest BCUT2D eigenvalue weighted by atomic mass is 16.5. The first-order valence-corrected chi connectivity index (χ1v) is 11.4. The Kier molecular flexibility index (Phi) is 6.51. The third-order valence-corrected chi connectivity index (χ3v) is 5.83. The standard InChI is InChI=1S/C30H29NO3/c1-20(34-27-14-8-10-21-9-5-6-13-26(21)27)29(33)31-25-12-7-11-23(19-25)28(32)22-15-17-24(18-16-22)30(2,3)4/h5-20H,1-4H3,(H,31,33). The van der Waals surface area contributed by atoms with Crippen LogP contribution in [0.1, 0.15) is 49.2 Å². The molecule has 0 spiro atoms. The zero-order chi connectivity index (χ0) is 24.3. The van der Waals surface area contributed by atoms with E-state index >= 15 is 0 Å². The average molecular weight is 452 g/mol. The van der Waals surface area contributed by atoms with E-state index in [-0.39, 0.29) is 17.1 Å². The smallest absolute Gasteiger partial charge is 0.265 e. The molecule has 1 unspecified atom stereocenters. The van der Waals surface area contributed by atoms with Crippen molar-refractivity contribution in [2.45, 2.75) is 39.2 Å². The van der Waals surface area contributed by atoms with Crippen LogP contribution in [0.5, 0.6) is 5.75 Å². The van der Waals surface area contributed by atoms with Gasteiger partial charge >= 0.3 is 0 Å². The molecule has 4 nitrogen and oxygen atoms in total. The monoisotopic (exact) mass is 451 g/mol. The summed E-state index contributed by atoms with van der Waals surface area (Å²) in [6.07, 6.45) is -0.713. The first kappa shape index (κ1) is 23.2. The Morgan fingerprint density at radius 1 is 0.794 bits per heavy atom. The highest BCUT2D eigenvalue weighted by molar-refractivity contribution is 6.09. The van der Waals surface area contributed by atoms with Gasteiger partial charge in [-0.05, 0) is 41.5 Å². The molecule has 0 heterocycles. The molecule has 0 bridgehead atoms. The van der Waals surface area contributed by atoms with Gasteiger partial charge in [-0.15, -0.1) is 0 Å². The number of hydrogen-bond acceptors (Lipinski definition) is 3. The van der Waals surface area contributed by atoms with Gasteiger partial charge in [-0.1, -0.05) is 93.6 Å². The molecule has 4 heteroatoms. The summed E-state index contributed by atoms with van der Waals surface area (Å²) >= 11 is 0. The summed E-state index contributed by atoms with van der Waals surface area (Å²) in [6, 6.07) is 28.3. The summed E-state index contributed by atoms with van der Waals surface area (Å²) in [7, 11) is 0. The lowest BCUT2D eigenvalue weighted by Crippen LogP contribution is -2.30. The molecule has 1 amide bonds. The van der Waals surface area contributed by atoms with Gasteiger partial charge in [0, 0.05) is 22.2 Å². The van der Waals surface area contributed by atoms with Crippen molar-refractivity contribution >= 4 is 28.2 Å². The highest BCUT2D eigenvalue weighted by Gasteiger charge is 2.18. The van der Waals surface area contributed by atoms with E-state index in [0.717, 1.165) is 10.8 Å². The summed E-state index contributed by atoms with van der Waals surface area (Å²) < 4.78 is 5.97. The zero-order valence-electron chi connectivity index (χ0n) is 20.0. The summed E-state index contributed by atoms with van der Waals surface area (Å²) in [4.78, 5) is 25.8. The normalized spacial score (nSPS) is 12.2. The summed E-state index contributed by atoms with van der Waals surface area (Å²) in [5, 5.41) is 4.87. The Morgan fingerprint density at radius 3 is 2.21 bits per heavy atom. The molecule has 4 aromatic carbocycles. The molecule has 4 rings (SSSR count). The number of ketones is 1. The van der Waals surface area contributed by atoms with Gasteiger partial charge in [0.1, 0.15) is 5.75 Å². The maximum atomic E-state index is 13.0. The molecule has 1 N–H and O–H groups in total. The Bertz CT molecular complexity index is 1330. The second kappa shape index (κ2) is 9.52. The largest absolute Gasteiger partial charge is 0.480 e. The van der Waals surface area contributed by atoms with E-state index < -0.39 is 6.10 Å². The molecular weight excluding hydrogens is 422 g/mol. The van der Waals surface area contributed by atoms with Crippen molar-refractivity contribution in [1.82, 2.24) is 0 Å². The molecule has 34 heavy (non-hydrogen) atoms. The van der Waals surface area contributed by atoms with E-state index in [1.807, 2.05) is 66.7 Å². The predicted molar refractivity (Wildman–Crippen MR) is 138 cm³/mol. The highest BCUT2D eigenvalue weighted by Crippen LogP contribution is 2.27. The number of ether oxygens (including phenoxy) is 1. The van der Waals surface area contributed by atoms with Crippen molar-refractivity contribution in [3.63, 3.8) is 0 Å². The third kappa shape index (κ3) is 5.18. The number of carbonyl (C=O) groups is 2. The van der Waals surface area contributed by atoms with Crippen LogP contribution in [0.2, 0.25) is 0 Å². The SMILES string of the molecule is CC(Oc1cccc2ccccc12)C(=O)Nc1cccc(C(=O)c2ccc(C(C)(C)C)cc2)c1. The topological polar surface area (TPSA) is 55.4 Å². The molecule has 0 fully saturated rings. The number of carbonyl (C=O) groups excluding carboxylic acids is 2. The molecule has 0 saturated carbocycles. The van der Waals surface area contributed by atoms with Gasteiger partial charge in [0.2, 0.25) is 0 Å². The second-order valence-electron chi connectivity index (χ2n) is 9.46. The quantitative estimate of drug-likeness (QED) is 0.329. The Balaban J connectivity index is 1.46. The third-order valence-electron chi connectivity index (χ3n) is 5.83. The van der Waals surface area contributed by atoms with Crippen LogP contribution in [0.3, 0.4) is 0 Å². The lowest BCUT2D eigenvalue weighted by Gasteiger charge is -2.19. The zero-order valence-corrected chi connectivity index (χ0v) is 20.0. The lowest BCUT2D eigenvalue weighted by molar-refractivity contribution is -0.122. The van der Waals surface area contributed by atoms with Crippen LogP contribution >= 0.6 is 0 Å². The molecule has 0 aliphatic carbocycles. The van der Waals surface area contributed by atoms with Crippen molar-refractivity contribution in [3.05, 3.63) is 108 Å². The van der Waals surface area contributed by atoms with Crippen LogP contribution in [0.25, 0.3) is 10.8 Å². The second-order valence-corrected chi connectivity index (χ2v) is 9.46. The molecule has 0 aromatic heterocycles. The number of amides is 1. The molecule has 0 radical (unpaired) electrons. The van der Waals surface area contributed by atoms with E-state index in [0.29, 0.717) is 22.6 Å². The lowest BCUT2D eigenvalue weighted by atomic mass is 9.86. The number of benzene rings is 4. The van der Waals surface area contributed by atoms with Crippen LogP contribution in [-0.4, -0.2) is 17.8 Å². The fourth-order valence-corrected chi connectivity index (χ4v) is 3.81. The molecule has 4 aromatic rings. The van der Waals surface area contributed by atoms with Crippen LogP contribution in [0.15, 0.2) is 91.0 Å². The van der Waals surface area contributed by atoms with Crippen molar-refractivity contribution in [1.29, 1.82) is 0 Å². The first-order chi connectivity index (χ1) is 16.2. The van der Waals surface area contributed by atoms with E-state index in [1.54, 1.807) is 31.2 Å². The van der Waals surface area contributed by atoms with Crippen LogP contribution in [0.4, 0.5) is 5.69 Å². The van der Waals surface area contributed by atoms with Crippen LogP contribution in [0, 0.1) is 0 Å². The van der Waals surface area contributed by atoms with Crippen molar-refractivity contribution in [2.24, 2.45) is 0 Å². The molecule has 1 atom stereocenters. The van der Waals surface area contributed by atoms with Gasteiger partial charge in [0.25, 0.3) is 5.91 Å². The minimum absolute atomic E-state index is 0.0244. The van der Waals surface area contributed by atoms with Gasteiger partial charge in [-0.2, -0.15) is 0 Å². The van der Waals surface area contributed by atoms with Crippen molar-refractivity contribution in [3.8, 4) is 5.75 Å². The van der Waals surface area contributed by atoms with E-state index in [9.17, 15) is 9.59 Å². The summed E-state index contributed by atoms with van der Waals surface area (Å²) in [6.45, 7) is 8.13. The summed E-state index contributed by atoms with van der Waals surface area (Å²) in [5.41, 5.74) is 2.88. The molecule has 172 valence electrons. The van der Waals surface area contributed by atoms with E-state index in [1.165, 1.54) is 5.56 Å². The number of nitrogens with one attached hydrogen (secondary N) is 1. The maximum Gasteiger partial charge on any atom is 0.265 e. The van der Waals surface area contributed by atoms with Gasteiger partial charge in [-0.25, -0.2) is 0 Å². The minimum atomic E-state index is -0.713. The van der Waals surface area contributed by atoms with Crippen molar-refractivity contribution < 1.29 is 14.3 Å². The molecular formula is C30H29NO3. The number of fused-ring (bicyclic) bond motifs is 1. The first-order valence-electron chi connectivity index (χ1n) is 11.4. The average Bonchev–Trinajstić information content (AvgIpc) is 2.83. The Morgan fingerprint density at radius 2 is 1.47 bits per heavy atom. The molecule has 0 aliphatic heterocycles. The summed E-state index contributed by atoms with van der Waals surface area (Å²) in [5.74, 6) is 0.284. The number of hydrogen-bond donors (Lipinski definition) is 1. The van der Waals surface area contributed by atoms with Gasteiger partial charge in [0.05, 0.1) is 0 Å². The van der Waals surface area contributed by atoms with Crippen LogP contribution in [-0.2, 0) is 10.2 Å². The fourth-order valence-electron chi connectivity index (χ4n) is 3.81. The maximum absolute atomic E-state index is 13.0. The Hall–Kier alpha value is -3.92. The van der Waals surface area contributed by atoms with E-state index in [2.05, 4.69) is 26.1 Å². The number of rotatable bonds is 6. The van der Waals surface area contributed by atoms with E-state index in [4.69, 9.17) is 4.74 Å². The van der Waals surface area contributed by atoms with Gasteiger partial charge in [-0.3, -0.25) is 9.59 Å². The molecule has 0 aliphatic rings. The minimum Gasteiger partial charge on any atom is -0.480 e. The number of anilines is 1. The van der Waals surface area contributed by atoms with Gasteiger partial charge in [0.15, 0.2) is 11.9 Å². The predicted octanol–water partition coefficient (Wildman–Crippen LogP) is 6.77. The van der Waals surface area contributed by atoms with Crippen molar-refractivity contribution in [2.75, 3.05) is 5.32 Å². The molecule has 0 saturated heterocycles. The fraction of sp³-hybridized carbons (Fsp3) is 0.200.